The van der Waals surface area contributed by atoms with E-state index in [0.29, 0.717) is 44.8 Å². The van der Waals surface area contributed by atoms with Gasteiger partial charge in [-0.25, -0.2) is 14.8 Å². The highest BCUT2D eigenvalue weighted by Gasteiger charge is 2.43. The van der Waals surface area contributed by atoms with E-state index in [1.807, 2.05) is 18.3 Å². The molecule has 2 fully saturated rings. The van der Waals surface area contributed by atoms with Gasteiger partial charge in [-0.15, -0.1) is 0 Å². The predicted octanol–water partition coefficient (Wildman–Crippen LogP) is 3.63. The smallest absolute Gasteiger partial charge is 0.367 e. The summed E-state index contributed by atoms with van der Waals surface area (Å²) in [5.41, 5.74) is 2.63. The Balaban J connectivity index is 1.31. The van der Waals surface area contributed by atoms with Gasteiger partial charge in [-0.1, -0.05) is 0 Å². The van der Waals surface area contributed by atoms with Gasteiger partial charge >= 0.3 is 12.2 Å². The minimum Gasteiger partial charge on any atom is -0.367 e. The second-order valence-corrected chi connectivity index (χ2v) is 8.18. The van der Waals surface area contributed by atoms with Crippen molar-refractivity contribution >= 4 is 33.7 Å². The Morgan fingerprint density at radius 1 is 1.06 bits per heavy atom. The molecule has 2 aliphatic rings. The molecule has 2 saturated heterocycles. The molecule has 0 spiro atoms. The summed E-state index contributed by atoms with van der Waals surface area (Å²) in [6, 6.07) is 3.66. The quantitative estimate of drug-likeness (QED) is 0.638. The van der Waals surface area contributed by atoms with Crippen molar-refractivity contribution in [1.82, 2.24) is 24.8 Å². The van der Waals surface area contributed by atoms with Crippen molar-refractivity contribution in [3.63, 3.8) is 0 Å². The molecule has 164 valence electrons. The fraction of sp³-hybridized carbons (Fsp3) is 0.476. The lowest BCUT2D eigenvalue weighted by Gasteiger charge is -2.41. The zero-order chi connectivity index (χ0) is 21.6. The van der Waals surface area contributed by atoms with E-state index < -0.39 is 12.1 Å². The molecule has 3 aromatic heterocycles. The van der Waals surface area contributed by atoms with E-state index in [2.05, 4.69) is 19.9 Å². The number of nitrogens with one attached hydrogen (secondary N) is 1. The lowest BCUT2D eigenvalue weighted by atomic mass is 9.98. The molecule has 0 bridgehead atoms. The number of amides is 2. The molecule has 0 aliphatic carbocycles. The van der Waals surface area contributed by atoms with Crippen LogP contribution < -0.4 is 4.90 Å². The highest BCUT2D eigenvalue weighted by molar-refractivity contribution is 6.10. The summed E-state index contributed by atoms with van der Waals surface area (Å²) >= 11 is 0. The summed E-state index contributed by atoms with van der Waals surface area (Å²) in [5, 5.41) is 2.00. The Morgan fingerprint density at radius 2 is 1.87 bits per heavy atom. The van der Waals surface area contributed by atoms with Crippen molar-refractivity contribution < 1.29 is 18.0 Å². The number of aromatic amines is 1. The summed E-state index contributed by atoms with van der Waals surface area (Å²) in [6.07, 6.45) is 1.60. The Kier molecular flexibility index (Phi) is 4.86. The number of carbonyl (C=O) groups is 1. The number of carbonyl (C=O) groups excluding carboxylic acids is 1. The third-order valence-corrected chi connectivity index (χ3v) is 6.32. The molecule has 5 heterocycles. The molecule has 2 aliphatic heterocycles. The minimum atomic E-state index is -4.25. The molecule has 3 aromatic rings. The van der Waals surface area contributed by atoms with Crippen LogP contribution >= 0.6 is 0 Å². The van der Waals surface area contributed by atoms with Crippen molar-refractivity contribution in [1.29, 1.82) is 0 Å². The van der Waals surface area contributed by atoms with Crippen molar-refractivity contribution in [3.8, 4) is 0 Å². The van der Waals surface area contributed by atoms with Gasteiger partial charge in [0, 0.05) is 68.1 Å². The number of H-pyrrole nitrogens is 1. The van der Waals surface area contributed by atoms with E-state index in [1.165, 1.54) is 4.90 Å². The average Bonchev–Trinajstić information content (AvgIpc) is 3.27. The standard InChI is InChI=1S/C21H23F3N6O/c22-21(23,24)14-2-1-7-30(13-14)20(31)29-10-8-28(9-11-29)17-4-6-25-16-12-27-19-15(18(16)17)3-5-26-19/h3-6,12,14,25H,1-2,7-11,13H2. The second-order valence-electron chi connectivity index (χ2n) is 8.18. The topological polar surface area (TPSA) is 68.4 Å². The van der Waals surface area contributed by atoms with E-state index >= 15 is 0 Å². The molecule has 2 amide bonds. The van der Waals surface area contributed by atoms with E-state index in [0.717, 1.165) is 22.0 Å². The number of nitrogens with zero attached hydrogens (tertiary/aromatic N) is 5. The zero-order valence-electron chi connectivity index (χ0n) is 16.9. The van der Waals surface area contributed by atoms with Crippen molar-refractivity contribution in [2.75, 3.05) is 44.2 Å². The first-order valence-corrected chi connectivity index (χ1v) is 10.5. The van der Waals surface area contributed by atoms with Crippen molar-refractivity contribution in [2.24, 2.45) is 5.92 Å². The van der Waals surface area contributed by atoms with Gasteiger partial charge in [0.1, 0.15) is 0 Å². The van der Waals surface area contributed by atoms with Crippen molar-refractivity contribution in [2.45, 2.75) is 19.0 Å². The lowest BCUT2D eigenvalue weighted by molar-refractivity contribution is -0.184. The van der Waals surface area contributed by atoms with E-state index in [-0.39, 0.29) is 19.0 Å². The third kappa shape index (κ3) is 3.64. The first-order valence-electron chi connectivity index (χ1n) is 10.5. The highest BCUT2D eigenvalue weighted by atomic mass is 19.4. The van der Waals surface area contributed by atoms with E-state index in [9.17, 15) is 18.0 Å². The summed E-state index contributed by atoms with van der Waals surface area (Å²) < 4.78 is 39.3. The molecule has 1 N–H and O–H groups in total. The second kappa shape index (κ2) is 7.58. The number of hydrogen-bond donors (Lipinski definition) is 1. The summed E-state index contributed by atoms with van der Waals surface area (Å²) in [7, 11) is 0. The van der Waals surface area contributed by atoms with Crippen LogP contribution in [0.1, 0.15) is 12.8 Å². The Labute approximate surface area is 176 Å². The highest BCUT2D eigenvalue weighted by Crippen LogP contribution is 2.34. The molecular weight excluding hydrogens is 409 g/mol. The van der Waals surface area contributed by atoms with Gasteiger partial charge in [-0.2, -0.15) is 13.2 Å². The van der Waals surface area contributed by atoms with Gasteiger partial charge in [-0.05, 0) is 25.0 Å². The molecule has 5 rings (SSSR count). The predicted molar refractivity (Wildman–Crippen MR) is 111 cm³/mol. The molecule has 0 saturated carbocycles. The number of piperidine rings is 1. The number of pyridine rings is 2. The normalized spacial score (nSPS) is 20.6. The molecule has 1 unspecified atom stereocenters. The maximum absolute atomic E-state index is 13.1. The number of halogens is 3. The van der Waals surface area contributed by atoms with Gasteiger partial charge in [-0.3, -0.25) is 0 Å². The van der Waals surface area contributed by atoms with Crippen molar-refractivity contribution in [3.05, 3.63) is 30.7 Å². The number of fused-ring (bicyclic) bond motifs is 3. The van der Waals surface area contributed by atoms with Crippen LogP contribution in [-0.4, -0.2) is 76.2 Å². The lowest BCUT2D eigenvalue weighted by Crippen LogP contribution is -2.55. The van der Waals surface area contributed by atoms with Crippen LogP contribution in [0.3, 0.4) is 0 Å². The van der Waals surface area contributed by atoms with E-state index in [4.69, 9.17) is 0 Å². The van der Waals surface area contributed by atoms with Crippen LogP contribution in [0.5, 0.6) is 0 Å². The van der Waals surface area contributed by atoms with Crippen LogP contribution in [-0.2, 0) is 0 Å². The summed E-state index contributed by atoms with van der Waals surface area (Å²) in [4.78, 5) is 30.0. The van der Waals surface area contributed by atoms with Gasteiger partial charge < -0.3 is 19.7 Å². The molecule has 10 heteroatoms. The van der Waals surface area contributed by atoms with Gasteiger partial charge in [0.2, 0.25) is 0 Å². The summed E-state index contributed by atoms with van der Waals surface area (Å²) in [6.45, 7) is 2.31. The maximum atomic E-state index is 13.1. The largest absolute Gasteiger partial charge is 0.393 e. The number of rotatable bonds is 1. The average molecular weight is 432 g/mol. The molecule has 1 atom stereocenters. The molecular formula is C21H23F3N6O. The molecule has 0 radical (unpaired) electrons. The number of anilines is 1. The van der Waals surface area contributed by atoms with Crippen LogP contribution in [0.15, 0.2) is 30.7 Å². The van der Waals surface area contributed by atoms with Gasteiger partial charge in [0.15, 0.2) is 5.65 Å². The minimum absolute atomic E-state index is 0.0963. The van der Waals surface area contributed by atoms with Crippen LogP contribution in [0.4, 0.5) is 23.7 Å². The van der Waals surface area contributed by atoms with Crippen LogP contribution in [0.2, 0.25) is 0 Å². The number of piperazine rings is 1. The monoisotopic (exact) mass is 432 g/mol. The Bertz CT molecular complexity index is 1110. The van der Waals surface area contributed by atoms with E-state index in [1.54, 1.807) is 17.3 Å². The molecule has 7 nitrogen and oxygen atoms in total. The Hall–Kier alpha value is -3.04. The first kappa shape index (κ1) is 19.9. The Morgan fingerprint density at radius 3 is 2.65 bits per heavy atom. The number of likely N-dealkylation sites (tertiary alicyclic amines) is 1. The maximum Gasteiger partial charge on any atom is 0.393 e. The summed E-state index contributed by atoms with van der Waals surface area (Å²) in [5.74, 6) is -1.42. The van der Waals surface area contributed by atoms with Gasteiger partial charge in [0.25, 0.3) is 0 Å². The fourth-order valence-corrected chi connectivity index (χ4v) is 4.66. The molecule has 0 aromatic carbocycles. The third-order valence-electron chi connectivity index (χ3n) is 6.32. The number of hydrogen-bond acceptors (Lipinski definition) is 4. The number of alkyl halides is 3. The molecule has 31 heavy (non-hydrogen) atoms. The fourth-order valence-electron chi connectivity index (χ4n) is 4.66. The van der Waals surface area contributed by atoms with Crippen LogP contribution in [0.25, 0.3) is 21.9 Å². The zero-order valence-corrected chi connectivity index (χ0v) is 16.9. The first-order chi connectivity index (χ1) is 14.9. The SMILES string of the molecule is O=C(N1CCN(c2cc[nH]c3cnc4nccc4c23)CC1)N1CCCC(C(F)(F)F)C1. The van der Waals surface area contributed by atoms with Crippen LogP contribution in [0, 0.1) is 5.92 Å². The number of urea groups is 1. The number of aromatic nitrogens is 3. The van der Waals surface area contributed by atoms with Gasteiger partial charge in [0.05, 0.1) is 17.6 Å².